The fraction of sp³-hybridized carbons (Fsp3) is 0.375. The zero-order valence-electron chi connectivity index (χ0n) is 17.4. The smallest absolute Gasteiger partial charge is 0.146 e. The molecule has 0 unspecified atom stereocenters. The largest absolute Gasteiger partial charge is 0.497 e. The number of aromatic nitrogens is 1. The maximum atomic E-state index is 6.17. The number of rotatable bonds is 6. The molecule has 1 aromatic heterocycles. The predicted molar refractivity (Wildman–Crippen MR) is 116 cm³/mol. The van der Waals surface area contributed by atoms with Crippen molar-refractivity contribution in [3.63, 3.8) is 0 Å². The van der Waals surface area contributed by atoms with Crippen LogP contribution in [0.25, 0.3) is 10.9 Å². The Morgan fingerprint density at radius 3 is 2.38 bits per heavy atom. The van der Waals surface area contributed by atoms with Crippen LogP contribution in [0, 0.1) is 5.92 Å². The summed E-state index contributed by atoms with van der Waals surface area (Å²) in [6, 6.07) is 16.1. The van der Waals surface area contributed by atoms with Crippen molar-refractivity contribution in [3.05, 3.63) is 54.1 Å². The Balaban J connectivity index is 1.58. The molecule has 0 radical (unpaired) electrons. The minimum Gasteiger partial charge on any atom is -0.497 e. The van der Waals surface area contributed by atoms with Gasteiger partial charge in [0.15, 0.2) is 0 Å². The number of fused-ring (bicyclic) bond motifs is 1. The van der Waals surface area contributed by atoms with E-state index in [4.69, 9.17) is 19.2 Å². The van der Waals surface area contributed by atoms with E-state index in [2.05, 4.69) is 30.0 Å². The van der Waals surface area contributed by atoms with Crippen LogP contribution in [0.3, 0.4) is 0 Å². The van der Waals surface area contributed by atoms with E-state index in [1.54, 1.807) is 14.2 Å². The molecule has 5 heteroatoms. The van der Waals surface area contributed by atoms with E-state index in [9.17, 15) is 0 Å². The highest BCUT2D eigenvalue weighted by Crippen LogP contribution is 2.30. The zero-order valence-corrected chi connectivity index (χ0v) is 17.4. The summed E-state index contributed by atoms with van der Waals surface area (Å²) >= 11 is 0. The van der Waals surface area contributed by atoms with Crippen molar-refractivity contribution >= 4 is 16.7 Å². The van der Waals surface area contributed by atoms with Crippen molar-refractivity contribution in [1.82, 2.24) is 4.98 Å². The summed E-state index contributed by atoms with van der Waals surface area (Å²) in [5.41, 5.74) is 1.89. The molecule has 1 fully saturated rings. The molecular weight excluding hydrogens is 364 g/mol. The van der Waals surface area contributed by atoms with E-state index in [-0.39, 0.29) is 0 Å². The Labute approximate surface area is 172 Å². The Morgan fingerprint density at radius 1 is 0.966 bits per heavy atom. The van der Waals surface area contributed by atoms with Crippen LogP contribution in [0.15, 0.2) is 48.5 Å². The lowest BCUT2D eigenvalue weighted by Crippen LogP contribution is -2.33. The molecule has 2 aromatic carbocycles. The summed E-state index contributed by atoms with van der Waals surface area (Å²) in [6.07, 6.45) is 2.44. The van der Waals surface area contributed by atoms with Crippen molar-refractivity contribution in [1.29, 1.82) is 0 Å². The summed E-state index contributed by atoms with van der Waals surface area (Å²) in [5.74, 6) is 4.12. The highest BCUT2D eigenvalue weighted by molar-refractivity contribution is 5.86. The molecule has 3 aromatic rings. The first kappa shape index (κ1) is 19.4. The monoisotopic (exact) mass is 392 g/mol. The van der Waals surface area contributed by atoms with Crippen LogP contribution in [0.5, 0.6) is 17.2 Å². The lowest BCUT2D eigenvalue weighted by Gasteiger charge is -2.31. The summed E-state index contributed by atoms with van der Waals surface area (Å²) < 4.78 is 16.9. The molecule has 0 bridgehead atoms. The molecule has 1 saturated heterocycles. The second kappa shape index (κ2) is 8.60. The van der Waals surface area contributed by atoms with E-state index < -0.39 is 0 Å². The van der Waals surface area contributed by atoms with Crippen LogP contribution in [-0.4, -0.2) is 32.3 Å². The maximum Gasteiger partial charge on any atom is 0.146 e. The topological polar surface area (TPSA) is 43.8 Å². The van der Waals surface area contributed by atoms with Crippen LogP contribution in [-0.2, 0) is 6.61 Å². The van der Waals surface area contributed by atoms with Crippen molar-refractivity contribution in [2.75, 3.05) is 32.2 Å². The van der Waals surface area contributed by atoms with E-state index >= 15 is 0 Å². The average molecular weight is 392 g/mol. The Hall–Kier alpha value is -2.95. The average Bonchev–Trinajstić information content (AvgIpc) is 2.77. The number of nitrogens with zero attached hydrogens (tertiary/aromatic N) is 2. The normalized spacial score (nSPS) is 14.8. The first-order chi connectivity index (χ1) is 14.2. The number of hydrogen-bond donors (Lipinski definition) is 0. The van der Waals surface area contributed by atoms with Gasteiger partial charge in [0.05, 0.1) is 14.2 Å². The fourth-order valence-electron chi connectivity index (χ4n) is 3.75. The van der Waals surface area contributed by atoms with Gasteiger partial charge in [-0.2, -0.15) is 0 Å². The summed E-state index contributed by atoms with van der Waals surface area (Å²) in [6.45, 7) is 4.86. The third kappa shape index (κ3) is 4.39. The highest BCUT2D eigenvalue weighted by Gasteiger charge is 2.17. The lowest BCUT2D eigenvalue weighted by molar-refractivity contribution is 0.307. The van der Waals surface area contributed by atoms with Gasteiger partial charge in [0.25, 0.3) is 0 Å². The van der Waals surface area contributed by atoms with Gasteiger partial charge in [-0.05, 0) is 54.7 Å². The number of hydrogen-bond acceptors (Lipinski definition) is 5. The van der Waals surface area contributed by atoms with E-state index in [1.165, 1.54) is 12.8 Å². The van der Waals surface area contributed by atoms with E-state index in [0.717, 1.165) is 58.5 Å². The molecule has 0 saturated carbocycles. The van der Waals surface area contributed by atoms with E-state index in [1.807, 2.05) is 30.3 Å². The van der Waals surface area contributed by atoms with Crippen LogP contribution in [0.4, 0.5) is 5.82 Å². The maximum absolute atomic E-state index is 6.17. The predicted octanol–water partition coefficient (Wildman–Crippen LogP) is 5.07. The number of para-hydroxylation sites is 1. The number of methoxy groups -OCH3 is 2. The first-order valence-electron chi connectivity index (χ1n) is 10.2. The third-order valence-corrected chi connectivity index (χ3v) is 5.58. The molecule has 4 rings (SSSR count). The van der Waals surface area contributed by atoms with Gasteiger partial charge in [-0.15, -0.1) is 0 Å². The number of anilines is 1. The quantitative estimate of drug-likeness (QED) is 0.586. The second-order valence-corrected chi connectivity index (χ2v) is 7.68. The van der Waals surface area contributed by atoms with Gasteiger partial charge in [0.1, 0.15) is 35.2 Å². The van der Waals surface area contributed by atoms with Crippen LogP contribution < -0.4 is 19.1 Å². The summed E-state index contributed by atoms with van der Waals surface area (Å²) in [4.78, 5) is 7.33. The molecule has 1 aliphatic rings. The van der Waals surface area contributed by atoms with Gasteiger partial charge in [-0.1, -0.05) is 19.1 Å². The molecule has 1 aliphatic heterocycles. The standard InChI is InChI=1S/C24H28N2O3/c1-17-9-11-26(12-10-17)23-8-7-19-5-4-6-22(24(19)25-23)29-16-18-13-20(27-2)15-21(14-18)28-3/h4-8,13-15,17H,9-12,16H2,1-3H3. The number of benzene rings is 2. The van der Waals surface area contributed by atoms with Gasteiger partial charge in [-0.25, -0.2) is 4.98 Å². The van der Waals surface area contributed by atoms with Crippen molar-refractivity contribution in [2.45, 2.75) is 26.4 Å². The molecule has 29 heavy (non-hydrogen) atoms. The lowest BCUT2D eigenvalue weighted by atomic mass is 9.99. The van der Waals surface area contributed by atoms with Gasteiger partial charge in [-0.3, -0.25) is 0 Å². The zero-order chi connectivity index (χ0) is 20.2. The first-order valence-corrected chi connectivity index (χ1v) is 10.2. The number of piperidine rings is 1. The molecule has 0 aliphatic carbocycles. The van der Waals surface area contributed by atoms with Crippen molar-refractivity contribution in [3.8, 4) is 17.2 Å². The molecule has 0 spiro atoms. The van der Waals surface area contributed by atoms with Crippen LogP contribution >= 0.6 is 0 Å². The summed E-state index contributed by atoms with van der Waals surface area (Å²) in [5, 5.41) is 1.08. The van der Waals surface area contributed by atoms with Crippen molar-refractivity contribution in [2.24, 2.45) is 5.92 Å². The SMILES string of the molecule is COc1cc(COc2cccc3ccc(N4CCC(C)CC4)nc23)cc(OC)c1. The van der Waals surface area contributed by atoms with Crippen LogP contribution in [0.1, 0.15) is 25.3 Å². The van der Waals surface area contributed by atoms with Crippen LogP contribution in [0.2, 0.25) is 0 Å². The van der Waals surface area contributed by atoms with Crippen molar-refractivity contribution < 1.29 is 14.2 Å². The van der Waals surface area contributed by atoms with E-state index in [0.29, 0.717) is 6.61 Å². The summed E-state index contributed by atoms with van der Waals surface area (Å²) in [7, 11) is 3.30. The Kier molecular flexibility index (Phi) is 5.74. The molecule has 0 atom stereocenters. The van der Waals surface area contributed by atoms with Gasteiger partial charge >= 0.3 is 0 Å². The number of pyridine rings is 1. The number of ether oxygens (including phenoxy) is 3. The molecule has 5 nitrogen and oxygen atoms in total. The second-order valence-electron chi connectivity index (χ2n) is 7.68. The fourth-order valence-corrected chi connectivity index (χ4v) is 3.75. The molecule has 0 N–H and O–H groups in total. The Bertz CT molecular complexity index is 959. The third-order valence-electron chi connectivity index (χ3n) is 5.58. The minimum atomic E-state index is 0.416. The highest BCUT2D eigenvalue weighted by atomic mass is 16.5. The molecule has 2 heterocycles. The molecular formula is C24H28N2O3. The minimum absolute atomic E-state index is 0.416. The Morgan fingerprint density at radius 2 is 1.69 bits per heavy atom. The molecule has 152 valence electrons. The van der Waals surface area contributed by atoms with Gasteiger partial charge < -0.3 is 19.1 Å². The molecule has 0 amide bonds. The van der Waals surface area contributed by atoms with Gasteiger partial charge in [0.2, 0.25) is 0 Å². The van der Waals surface area contributed by atoms with Gasteiger partial charge in [0, 0.05) is 24.5 Å².